The van der Waals surface area contributed by atoms with E-state index >= 15 is 0 Å². The molecule has 4 saturated carbocycles. The third-order valence-corrected chi connectivity index (χ3v) is 5.64. The van der Waals surface area contributed by atoms with E-state index in [-0.39, 0.29) is 0 Å². The molecule has 1 aromatic heterocycles. The van der Waals surface area contributed by atoms with Crippen molar-refractivity contribution in [3.05, 3.63) is 12.4 Å². The number of nitrogens with one attached hydrogen (secondary N) is 1. The Morgan fingerprint density at radius 2 is 1.79 bits per heavy atom. The SMILES string of the molecule is c1cn(CCCNC2C3CC4CC(C3)CC2C4)nn1. The van der Waals surface area contributed by atoms with Gasteiger partial charge in [-0.25, -0.2) is 0 Å². The van der Waals surface area contributed by atoms with Crippen molar-refractivity contribution in [2.24, 2.45) is 23.7 Å². The molecule has 1 N–H and O–H groups in total. The van der Waals surface area contributed by atoms with Gasteiger partial charge in [0.2, 0.25) is 0 Å². The Morgan fingerprint density at radius 3 is 2.42 bits per heavy atom. The molecule has 0 atom stereocenters. The fraction of sp³-hybridized carbons (Fsp3) is 0.867. The van der Waals surface area contributed by atoms with Crippen molar-refractivity contribution in [1.29, 1.82) is 0 Å². The number of hydrogen-bond donors (Lipinski definition) is 1. The van der Waals surface area contributed by atoms with Gasteiger partial charge in [-0.1, -0.05) is 5.21 Å². The van der Waals surface area contributed by atoms with Crippen LogP contribution in [-0.4, -0.2) is 27.6 Å². The average Bonchev–Trinajstić information content (AvgIpc) is 2.89. The Kier molecular flexibility index (Phi) is 3.06. The van der Waals surface area contributed by atoms with Gasteiger partial charge in [-0.2, -0.15) is 0 Å². The van der Waals surface area contributed by atoms with Crippen molar-refractivity contribution in [1.82, 2.24) is 20.3 Å². The van der Waals surface area contributed by atoms with Crippen LogP contribution in [0.1, 0.15) is 38.5 Å². The van der Waals surface area contributed by atoms with Crippen LogP contribution in [0.15, 0.2) is 12.4 Å². The van der Waals surface area contributed by atoms with Crippen LogP contribution in [0, 0.1) is 23.7 Å². The lowest BCUT2D eigenvalue weighted by Gasteiger charge is -2.54. The lowest BCUT2D eigenvalue weighted by atomic mass is 9.54. The van der Waals surface area contributed by atoms with Crippen molar-refractivity contribution >= 4 is 0 Å². The number of aromatic nitrogens is 3. The Hall–Kier alpha value is -0.900. The van der Waals surface area contributed by atoms with Crippen molar-refractivity contribution in [2.75, 3.05) is 6.54 Å². The first-order valence-corrected chi connectivity index (χ1v) is 7.96. The van der Waals surface area contributed by atoms with Crippen LogP contribution in [0.25, 0.3) is 0 Å². The highest BCUT2D eigenvalue weighted by molar-refractivity contribution is 5.01. The summed E-state index contributed by atoms with van der Waals surface area (Å²) in [4.78, 5) is 0. The number of aryl methyl sites for hydroxylation is 1. The lowest BCUT2D eigenvalue weighted by molar-refractivity contribution is -0.0136. The molecule has 5 rings (SSSR count). The van der Waals surface area contributed by atoms with Crippen molar-refractivity contribution < 1.29 is 0 Å². The monoisotopic (exact) mass is 260 g/mol. The van der Waals surface area contributed by atoms with Crippen LogP contribution >= 0.6 is 0 Å². The molecule has 0 amide bonds. The smallest absolute Gasteiger partial charge is 0.0692 e. The van der Waals surface area contributed by atoms with E-state index in [0.717, 1.165) is 49.2 Å². The minimum atomic E-state index is 0.823. The maximum Gasteiger partial charge on any atom is 0.0692 e. The summed E-state index contributed by atoms with van der Waals surface area (Å²) in [5.41, 5.74) is 0. The molecule has 4 fully saturated rings. The lowest BCUT2D eigenvalue weighted by Crippen LogP contribution is -2.54. The summed E-state index contributed by atoms with van der Waals surface area (Å²) in [7, 11) is 0. The van der Waals surface area contributed by atoms with Gasteiger partial charge in [-0.05, 0) is 68.7 Å². The summed E-state index contributed by atoms with van der Waals surface area (Å²) in [5.74, 6) is 4.14. The molecule has 1 aromatic rings. The number of nitrogens with zero attached hydrogens (tertiary/aromatic N) is 3. The largest absolute Gasteiger partial charge is 0.313 e. The summed E-state index contributed by atoms with van der Waals surface area (Å²) in [5, 5.41) is 11.7. The summed E-state index contributed by atoms with van der Waals surface area (Å²) in [6, 6.07) is 0.823. The van der Waals surface area contributed by atoms with Crippen LogP contribution in [0.3, 0.4) is 0 Å². The molecule has 0 radical (unpaired) electrons. The molecule has 19 heavy (non-hydrogen) atoms. The Morgan fingerprint density at radius 1 is 1.05 bits per heavy atom. The molecule has 0 saturated heterocycles. The molecule has 4 nitrogen and oxygen atoms in total. The Labute approximate surface area is 115 Å². The van der Waals surface area contributed by atoms with Crippen LogP contribution in [0.2, 0.25) is 0 Å². The summed E-state index contributed by atoms with van der Waals surface area (Å²) in [6.45, 7) is 2.12. The molecule has 4 aliphatic carbocycles. The highest BCUT2D eigenvalue weighted by Crippen LogP contribution is 2.53. The van der Waals surface area contributed by atoms with Gasteiger partial charge in [0, 0.05) is 18.8 Å². The maximum atomic E-state index is 4.01. The number of hydrogen-bond acceptors (Lipinski definition) is 3. The predicted octanol–water partition coefficient (Wildman–Crippen LogP) is 2.08. The van der Waals surface area contributed by atoms with E-state index in [1.54, 1.807) is 12.6 Å². The molecule has 0 unspecified atom stereocenters. The highest BCUT2D eigenvalue weighted by Gasteiger charge is 2.47. The van der Waals surface area contributed by atoms with E-state index in [1.165, 1.54) is 25.7 Å². The summed E-state index contributed by atoms with van der Waals surface area (Å²) >= 11 is 0. The van der Waals surface area contributed by atoms with E-state index in [4.69, 9.17) is 0 Å². The normalized spacial score (nSPS) is 39.9. The van der Waals surface area contributed by atoms with Crippen LogP contribution < -0.4 is 5.32 Å². The third kappa shape index (κ3) is 2.31. The van der Waals surface area contributed by atoms with Gasteiger partial charge in [0.25, 0.3) is 0 Å². The molecule has 0 aliphatic heterocycles. The van der Waals surface area contributed by atoms with Crippen molar-refractivity contribution in [2.45, 2.75) is 51.1 Å². The molecule has 104 valence electrons. The molecular formula is C15H24N4. The zero-order chi connectivity index (χ0) is 12.7. The third-order valence-electron chi connectivity index (χ3n) is 5.64. The van der Waals surface area contributed by atoms with E-state index < -0.39 is 0 Å². The van der Waals surface area contributed by atoms with Crippen molar-refractivity contribution in [3.8, 4) is 0 Å². The standard InChI is InChI=1S/C15H24N4/c1(4-19-5-3-17-18-19)2-16-15-13-7-11-6-12(9-13)10-14(15)8-11/h3,5,11-16H,1-2,4,6-10H2. The zero-order valence-corrected chi connectivity index (χ0v) is 11.5. The number of rotatable bonds is 5. The first-order valence-electron chi connectivity index (χ1n) is 7.96. The molecule has 0 aromatic carbocycles. The van der Waals surface area contributed by atoms with Gasteiger partial charge in [0.05, 0.1) is 6.20 Å². The molecule has 1 heterocycles. The van der Waals surface area contributed by atoms with Crippen LogP contribution in [0.5, 0.6) is 0 Å². The van der Waals surface area contributed by atoms with E-state index in [9.17, 15) is 0 Å². The van der Waals surface area contributed by atoms with Crippen LogP contribution in [0.4, 0.5) is 0 Å². The predicted molar refractivity (Wildman–Crippen MR) is 73.5 cm³/mol. The first kappa shape index (κ1) is 11.9. The second-order valence-corrected chi connectivity index (χ2v) is 6.93. The second-order valence-electron chi connectivity index (χ2n) is 6.93. The fourth-order valence-corrected chi connectivity index (χ4v) is 5.12. The minimum Gasteiger partial charge on any atom is -0.313 e. The summed E-state index contributed by atoms with van der Waals surface area (Å²) < 4.78 is 1.93. The summed E-state index contributed by atoms with van der Waals surface area (Å²) in [6.07, 6.45) is 12.4. The van der Waals surface area contributed by atoms with E-state index in [0.29, 0.717) is 0 Å². The zero-order valence-electron chi connectivity index (χ0n) is 11.5. The highest BCUT2D eigenvalue weighted by atomic mass is 15.4. The molecule has 4 bridgehead atoms. The Bertz CT molecular complexity index is 386. The van der Waals surface area contributed by atoms with E-state index in [2.05, 4.69) is 15.6 Å². The van der Waals surface area contributed by atoms with Gasteiger partial charge in [0.1, 0.15) is 0 Å². The van der Waals surface area contributed by atoms with Gasteiger partial charge in [-0.3, -0.25) is 4.68 Å². The van der Waals surface area contributed by atoms with Gasteiger partial charge in [-0.15, -0.1) is 5.10 Å². The average molecular weight is 260 g/mol. The molecule has 4 aliphatic rings. The molecular weight excluding hydrogens is 236 g/mol. The quantitative estimate of drug-likeness (QED) is 0.824. The fourth-order valence-electron chi connectivity index (χ4n) is 5.12. The van der Waals surface area contributed by atoms with Gasteiger partial charge < -0.3 is 5.32 Å². The van der Waals surface area contributed by atoms with Gasteiger partial charge >= 0.3 is 0 Å². The van der Waals surface area contributed by atoms with Crippen molar-refractivity contribution in [3.63, 3.8) is 0 Å². The van der Waals surface area contributed by atoms with Gasteiger partial charge in [0.15, 0.2) is 0 Å². The van der Waals surface area contributed by atoms with Crippen LogP contribution in [-0.2, 0) is 6.54 Å². The second kappa shape index (κ2) is 4.89. The topological polar surface area (TPSA) is 42.7 Å². The minimum absolute atomic E-state index is 0.823. The maximum absolute atomic E-state index is 4.01. The molecule has 4 heteroatoms. The first-order chi connectivity index (χ1) is 9.38. The molecule has 0 spiro atoms. The van der Waals surface area contributed by atoms with E-state index in [1.807, 2.05) is 10.9 Å². The Balaban J connectivity index is 1.27.